The van der Waals surface area contributed by atoms with E-state index in [1.54, 1.807) is 0 Å². The van der Waals surface area contributed by atoms with Crippen molar-refractivity contribution in [1.82, 2.24) is 4.57 Å². The predicted molar refractivity (Wildman–Crippen MR) is 165 cm³/mol. The third kappa shape index (κ3) is 3.24. The fourth-order valence-electron chi connectivity index (χ4n) is 5.85. The SMILES string of the molecule is c1ccc(-n2c3ccccc3c3cc(-c4cccc(-c5cccc6c5sc5ccccc56)c4)ccc32)cc1. The Bertz CT molecular complexity index is 2130. The lowest BCUT2D eigenvalue weighted by molar-refractivity contribution is 1.18. The molecule has 8 aromatic rings. The van der Waals surface area contributed by atoms with Crippen molar-refractivity contribution >= 4 is 53.3 Å². The minimum atomic E-state index is 1.19. The Morgan fingerprint density at radius 2 is 1.11 bits per heavy atom. The molecule has 0 amide bonds. The van der Waals surface area contributed by atoms with Gasteiger partial charge in [-0.1, -0.05) is 97.1 Å². The van der Waals surface area contributed by atoms with Gasteiger partial charge in [-0.2, -0.15) is 0 Å². The highest BCUT2D eigenvalue weighted by Crippen LogP contribution is 2.41. The number of nitrogens with zero attached hydrogens (tertiary/aromatic N) is 1. The first-order valence-electron chi connectivity index (χ1n) is 12.9. The van der Waals surface area contributed by atoms with Crippen LogP contribution in [0.15, 0.2) is 140 Å². The van der Waals surface area contributed by atoms with E-state index in [0.29, 0.717) is 0 Å². The Balaban J connectivity index is 1.31. The summed E-state index contributed by atoms with van der Waals surface area (Å²) in [5.41, 5.74) is 8.67. The predicted octanol–water partition coefficient (Wildman–Crippen LogP) is 10.5. The Labute approximate surface area is 224 Å². The Kier molecular flexibility index (Phi) is 4.76. The molecule has 0 N–H and O–H groups in total. The lowest BCUT2D eigenvalue weighted by Gasteiger charge is -2.09. The van der Waals surface area contributed by atoms with Crippen LogP contribution in [0.2, 0.25) is 0 Å². The van der Waals surface area contributed by atoms with Crippen LogP contribution in [0.3, 0.4) is 0 Å². The van der Waals surface area contributed by atoms with Gasteiger partial charge in [0.05, 0.1) is 11.0 Å². The molecule has 0 bridgehead atoms. The minimum absolute atomic E-state index is 1.19. The fourth-order valence-corrected chi connectivity index (χ4v) is 7.09. The number of rotatable bonds is 3. The number of hydrogen-bond acceptors (Lipinski definition) is 1. The van der Waals surface area contributed by atoms with Crippen molar-refractivity contribution in [2.24, 2.45) is 0 Å². The van der Waals surface area contributed by atoms with Crippen LogP contribution in [-0.2, 0) is 0 Å². The van der Waals surface area contributed by atoms with Crippen molar-refractivity contribution in [2.75, 3.05) is 0 Å². The van der Waals surface area contributed by atoms with Crippen molar-refractivity contribution < 1.29 is 0 Å². The summed E-state index contributed by atoms with van der Waals surface area (Å²) in [6, 6.07) is 50.7. The molecule has 0 aliphatic rings. The van der Waals surface area contributed by atoms with E-state index >= 15 is 0 Å². The Morgan fingerprint density at radius 3 is 2.03 bits per heavy atom. The summed E-state index contributed by atoms with van der Waals surface area (Å²) in [7, 11) is 0. The highest BCUT2D eigenvalue weighted by Gasteiger charge is 2.14. The molecule has 0 unspecified atom stereocenters. The molecule has 2 heteroatoms. The Hall–Kier alpha value is -4.66. The van der Waals surface area contributed by atoms with Gasteiger partial charge in [-0.25, -0.2) is 0 Å². The molecular formula is C36H23NS. The summed E-state index contributed by atoms with van der Waals surface area (Å²) in [6.07, 6.45) is 0. The summed E-state index contributed by atoms with van der Waals surface area (Å²) in [5.74, 6) is 0. The zero-order valence-corrected chi connectivity index (χ0v) is 21.5. The topological polar surface area (TPSA) is 4.93 Å². The smallest absolute Gasteiger partial charge is 0.0541 e. The van der Waals surface area contributed by atoms with Gasteiger partial charge in [0.1, 0.15) is 0 Å². The number of aromatic nitrogens is 1. The molecule has 0 saturated heterocycles. The largest absolute Gasteiger partial charge is 0.309 e. The molecule has 38 heavy (non-hydrogen) atoms. The third-order valence-corrected chi connectivity index (χ3v) is 8.82. The van der Waals surface area contributed by atoms with E-state index in [1.165, 1.54) is 69.9 Å². The van der Waals surface area contributed by atoms with Crippen LogP contribution in [0.1, 0.15) is 0 Å². The standard InChI is InChI=1S/C36H23NS/c1-2-12-27(13-3-1)37-33-18-6-4-14-29(33)32-23-25(20-21-34(32)37)24-10-8-11-26(22-24)28-16-9-17-31-30-15-5-7-19-35(30)38-36(28)31/h1-23H. The van der Waals surface area contributed by atoms with Crippen LogP contribution in [0.25, 0.3) is 69.9 Å². The van der Waals surface area contributed by atoms with E-state index < -0.39 is 0 Å². The monoisotopic (exact) mass is 501 g/mol. The summed E-state index contributed by atoms with van der Waals surface area (Å²) in [4.78, 5) is 0. The van der Waals surface area contributed by atoms with E-state index in [9.17, 15) is 0 Å². The quantitative estimate of drug-likeness (QED) is 0.227. The van der Waals surface area contributed by atoms with E-state index in [1.807, 2.05) is 11.3 Å². The maximum Gasteiger partial charge on any atom is 0.0541 e. The van der Waals surface area contributed by atoms with Crippen LogP contribution in [0, 0.1) is 0 Å². The highest BCUT2D eigenvalue weighted by atomic mass is 32.1. The van der Waals surface area contributed by atoms with Crippen LogP contribution in [-0.4, -0.2) is 4.57 Å². The second kappa shape index (κ2) is 8.44. The number of hydrogen-bond donors (Lipinski definition) is 0. The molecule has 0 saturated carbocycles. The van der Waals surface area contributed by atoms with Gasteiger partial charge in [-0.15, -0.1) is 11.3 Å². The molecule has 0 fully saturated rings. The van der Waals surface area contributed by atoms with Gasteiger partial charge in [0, 0.05) is 36.6 Å². The number of para-hydroxylation sites is 2. The maximum atomic E-state index is 2.37. The van der Waals surface area contributed by atoms with Crippen molar-refractivity contribution in [3.63, 3.8) is 0 Å². The molecule has 0 aliphatic heterocycles. The second-order valence-electron chi connectivity index (χ2n) is 9.78. The molecule has 2 heterocycles. The van der Waals surface area contributed by atoms with E-state index in [2.05, 4.69) is 144 Å². The lowest BCUT2D eigenvalue weighted by Crippen LogP contribution is -1.92. The van der Waals surface area contributed by atoms with Crippen molar-refractivity contribution in [3.05, 3.63) is 140 Å². The molecule has 0 radical (unpaired) electrons. The highest BCUT2D eigenvalue weighted by molar-refractivity contribution is 7.26. The van der Waals surface area contributed by atoms with E-state index in [0.717, 1.165) is 0 Å². The maximum absolute atomic E-state index is 2.37. The number of thiophene rings is 1. The van der Waals surface area contributed by atoms with Crippen molar-refractivity contribution in [2.45, 2.75) is 0 Å². The van der Waals surface area contributed by atoms with Gasteiger partial charge in [-0.05, 0) is 64.7 Å². The lowest BCUT2D eigenvalue weighted by atomic mass is 9.97. The second-order valence-corrected chi connectivity index (χ2v) is 10.8. The fraction of sp³-hybridized carbons (Fsp3) is 0. The van der Waals surface area contributed by atoms with Gasteiger partial charge in [0.15, 0.2) is 0 Å². The van der Waals surface area contributed by atoms with Gasteiger partial charge in [0.2, 0.25) is 0 Å². The van der Waals surface area contributed by atoms with E-state index in [-0.39, 0.29) is 0 Å². The summed E-state index contributed by atoms with van der Waals surface area (Å²) < 4.78 is 5.06. The van der Waals surface area contributed by atoms with Crippen LogP contribution < -0.4 is 0 Å². The zero-order chi connectivity index (χ0) is 25.1. The molecule has 6 aromatic carbocycles. The van der Waals surface area contributed by atoms with Gasteiger partial charge in [-0.3, -0.25) is 0 Å². The number of fused-ring (bicyclic) bond motifs is 6. The molecule has 0 atom stereocenters. The van der Waals surface area contributed by atoms with Gasteiger partial charge in [0.25, 0.3) is 0 Å². The van der Waals surface area contributed by atoms with Crippen LogP contribution in [0.5, 0.6) is 0 Å². The Morgan fingerprint density at radius 1 is 0.421 bits per heavy atom. The summed E-state index contributed by atoms with van der Waals surface area (Å²) in [6.45, 7) is 0. The summed E-state index contributed by atoms with van der Waals surface area (Å²) >= 11 is 1.89. The average molecular weight is 502 g/mol. The van der Waals surface area contributed by atoms with Gasteiger partial charge >= 0.3 is 0 Å². The van der Waals surface area contributed by atoms with E-state index in [4.69, 9.17) is 0 Å². The molecule has 0 aliphatic carbocycles. The van der Waals surface area contributed by atoms with Crippen LogP contribution >= 0.6 is 11.3 Å². The van der Waals surface area contributed by atoms with Crippen LogP contribution in [0.4, 0.5) is 0 Å². The zero-order valence-electron chi connectivity index (χ0n) is 20.6. The van der Waals surface area contributed by atoms with Crippen molar-refractivity contribution in [3.8, 4) is 27.9 Å². The normalized spacial score (nSPS) is 11.7. The first-order valence-corrected chi connectivity index (χ1v) is 13.8. The molecule has 2 aromatic heterocycles. The first kappa shape index (κ1) is 21.4. The molecule has 178 valence electrons. The molecule has 1 nitrogen and oxygen atoms in total. The third-order valence-electron chi connectivity index (χ3n) is 7.60. The summed E-state index contributed by atoms with van der Waals surface area (Å²) in [5, 5.41) is 5.23. The van der Waals surface area contributed by atoms with Crippen molar-refractivity contribution in [1.29, 1.82) is 0 Å². The average Bonchev–Trinajstić information content (AvgIpc) is 3.53. The number of benzene rings is 6. The first-order chi connectivity index (χ1) is 18.8. The van der Waals surface area contributed by atoms with Gasteiger partial charge < -0.3 is 4.57 Å². The molecule has 0 spiro atoms. The minimum Gasteiger partial charge on any atom is -0.309 e. The molecular weight excluding hydrogens is 478 g/mol. The molecule has 8 rings (SSSR count).